The number of nitrogens with zero attached hydrogens (tertiary/aromatic N) is 5. The summed E-state index contributed by atoms with van der Waals surface area (Å²) in [4.78, 5) is 15.2. The van der Waals surface area contributed by atoms with E-state index >= 15 is 0 Å². The molecule has 0 aliphatic heterocycles. The molecule has 0 saturated carbocycles. The number of para-hydroxylation sites is 4. The van der Waals surface area contributed by atoms with E-state index in [4.69, 9.17) is 19.4 Å². The van der Waals surface area contributed by atoms with E-state index in [9.17, 15) is 0 Å². The first-order valence-corrected chi connectivity index (χ1v) is 19.1. The predicted octanol–water partition coefficient (Wildman–Crippen LogP) is 13.0. The van der Waals surface area contributed by atoms with Gasteiger partial charge in [0, 0.05) is 49.6 Å². The van der Waals surface area contributed by atoms with E-state index in [0.717, 1.165) is 82.8 Å². The fraction of sp³-hybridized carbons (Fsp3) is 0. The Morgan fingerprint density at radius 1 is 0.351 bits per heavy atom. The summed E-state index contributed by atoms with van der Waals surface area (Å²) in [7, 11) is 0. The molecule has 6 heteroatoms. The molecule has 57 heavy (non-hydrogen) atoms. The van der Waals surface area contributed by atoms with E-state index in [1.807, 2.05) is 66.7 Å². The number of hydrogen-bond acceptors (Lipinski definition) is 4. The van der Waals surface area contributed by atoms with Crippen LogP contribution in [0, 0.1) is 0 Å². The number of furan rings is 1. The van der Waals surface area contributed by atoms with Crippen molar-refractivity contribution in [3.63, 3.8) is 0 Å². The quantitative estimate of drug-likeness (QED) is 0.177. The summed E-state index contributed by atoms with van der Waals surface area (Å²) in [5, 5.41) is 6.61. The maximum atomic E-state index is 7.05. The highest BCUT2D eigenvalue weighted by atomic mass is 16.3. The van der Waals surface area contributed by atoms with Crippen molar-refractivity contribution >= 4 is 65.6 Å². The van der Waals surface area contributed by atoms with Gasteiger partial charge < -0.3 is 13.6 Å². The van der Waals surface area contributed by atoms with Gasteiger partial charge in [0.1, 0.15) is 11.2 Å². The SMILES string of the molecule is c1ccc(-c2nc(-c3ccccc3)nc(-c3ccc4c(c3)c3c5oc6ccccc6c5c5c(c6ccccc6n5-c5ccccc5)c3n4-c3ccccc3)n2)cc1. The Balaban J connectivity index is 1.27. The number of fused-ring (bicyclic) bond motifs is 12. The molecule has 0 aliphatic carbocycles. The molecule has 6 nitrogen and oxygen atoms in total. The van der Waals surface area contributed by atoms with E-state index in [2.05, 4.69) is 130 Å². The van der Waals surface area contributed by atoms with Crippen molar-refractivity contribution in [1.82, 2.24) is 24.1 Å². The lowest BCUT2D eigenvalue weighted by Crippen LogP contribution is -2.00. The molecular weight excluding hydrogens is 699 g/mol. The third kappa shape index (κ3) is 4.74. The molecule has 8 aromatic carbocycles. The van der Waals surface area contributed by atoms with Gasteiger partial charge in [0.25, 0.3) is 0 Å². The van der Waals surface area contributed by atoms with Crippen LogP contribution in [0.25, 0.3) is 111 Å². The fourth-order valence-corrected chi connectivity index (χ4v) is 8.70. The average molecular weight is 730 g/mol. The second-order valence-corrected chi connectivity index (χ2v) is 14.4. The first-order chi connectivity index (χ1) is 28.3. The lowest BCUT2D eigenvalue weighted by molar-refractivity contribution is 0.673. The molecule has 0 atom stereocenters. The van der Waals surface area contributed by atoms with Crippen LogP contribution in [0.5, 0.6) is 0 Å². The van der Waals surface area contributed by atoms with Gasteiger partial charge in [-0.3, -0.25) is 0 Å². The van der Waals surface area contributed by atoms with E-state index in [-0.39, 0.29) is 0 Å². The van der Waals surface area contributed by atoms with Crippen LogP contribution in [0.15, 0.2) is 192 Å². The molecule has 0 saturated heterocycles. The van der Waals surface area contributed by atoms with Gasteiger partial charge >= 0.3 is 0 Å². The fourth-order valence-electron chi connectivity index (χ4n) is 8.70. The first-order valence-electron chi connectivity index (χ1n) is 19.1. The van der Waals surface area contributed by atoms with Gasteiger partial charge in [0.2, 0.25) is 0 Å². The predicted molar refractivity (Wildman–Crippen MR) is 232 cm³/mol. The molecule has 266 valence electrons. The van der Waals surface area contributed by atoms with E-state index in [1.54, 1.807) is 0 Å². The van der Waals surface area contributed by atoms with Crippen LogP contribution in [-0.2, 0) is 0 Å². The molecule has 0 bridgehead atoms. The molecule has 12 rings (SSSR count). The second kappa shape index (κ2) is 12.3. The Hall–Kier alpha value is -7.83. The van der Waals surface area contributed by atoms with Gasteiger partial charge in [-0.1, -0.05) is 133 Å². The van der Waals surface area contributed by atoms with Crippen LogP contribution in [-0.4, -0.2) is 24.1 Å². The molecule has 0 N–H and O–H groups in total. The Kier molecular flexibility index (Phi) is 6.83. The summed E-state index contributed by atoms with van der Waals surface area (Å²) >= 11 is 0. The molecular formula is C51H31N5O. The highest BCUT2D eigenvalue weighted by Gasteiger charge is 2.28. The van der Waals surface area contributed by atoms with E-state index < -0.39 is 0 Å². The van der Waals surface area contributed by atoms with Crippen LogP contribution in [0.2, 0.25) is 0 Å². The van der Waals surface area contributed by atoms with Gasteiger partial charge in [-0.05, 0) is 54.6 Å². The zero-order valence-electron chi connectivity index (χ0n) is 30.5. The summed E-state index contributed by atoms with van der Waals surface area (Å²) in [5.41, 5.74) is 11.0. The van der Waals surface area contributed by atoms with Crippen LogP contribution in [0.4, 0.5) is 0 Å². The van der Waals surface area contributed by atoms with Crippen molar-refractivity contribution in [2.75, 3.05) is 0 Å². The normalized spacial score (nSPS) is 11.9. The molecule has 0 unspecified atom stereocenters. The van der Waals surface area contributed by atoms with Gasteiger partial charge in [0.15, 0.2) is 17.5 Å². The van der Waals surface area contributed by atoms with Crippen molar-refractivity contribution in [2.24, 2.45) is 0 Å². The molecule has 4 heterocycles. The van der Waals surface area contributed by atoms with Gasteiger partial charge in [-0.2, -0.15) is 0 Å². The van der Waals surface area contributed by atoms with Gasteiger partial charge in [-0.25, -0.2) is 15.0 Å². The number of benzene rings is 8. The highest BCUT2D eigenvalue weighted by Crippen LogP contribution is 2.49. The summed E-state index contributed by atoms with van der Waals surface area (Å²) < 4.78 is 11.9. The van der Waals surface area contributed by atoms with Gasteiger partial charge in [0.05, 0.1) is 32.8 Å². The number of rotatable bonds is 5. The largest absolute Gasteiger partial charge is 0.455 e. The molecule has 0 spiro atoms. The standard InChI is InChI=1S/C51H31N5O/c1-5-17-32(18-6-1)49-52-50(33-19-7-2-8-20-33)54-51(53-49)34-29-30-41-39(31-34)45-47(56(41)36-23-11-4-12-24-36)43-37-25-13-15-27-40(37)55(35-21-9-3-10-22-35)46(43)44-38-26-14-16-28-42(38)57-48(44)45/h1-31H. The van der Waals surface area contributed by atoms with Crippen molar-refractivity contribution in [1.29, 1.82) is 0 Å². The summed E-state index contributed by atoms with van der Waals surface area (Å²) in [6.07, 6.45) is 0. The third-order valence-corrected chi connectivity index (χ3v) is 11.1. The summed E-state index contributed by atoms with van der Waals surface area (Å²) in [5.74, 6) is 1.86. The van der Waals surface area contributed by atoms with Crippen LogP contribution < -0.4 is 0 Å². The van der Waals surface area contributed by atoms with Crippen molar-refractivity contribution in [3.8, 4) is 45.5 Å². The molecule has 0 fully saturated rings. The maximum Gasteiger partial charge on any atom is 0.164 e. The van der Waals surface area contributed by atoms with E-state index in [1.165, 1.54) is 10.8 Å². The van der Waals surface area contributed by atoms with E-state index in [0.29, 0.717) is 17.5 Å². The minimum atomic E-state index is 0.604. The zero-order valence-corrected chi connectivity index (χ0v) is 30.5. The Labute approximate surface area is 326 Å². The highest BCUT2D eigenvalue weighted by molar-refractivity contribution is 6.39. The van der Waals surface area contributed by atoms with Gasteiger partial charge in [-0.15, -0.1) is 0 Å². The molecule has 0 radical (unpaired) electrons. The minimum absolute atomic E-state index is 0.604. The third-order valence-electron chi connectivity index (χ3n) is 11.1. The lowest BCUT2D eigenvalue weighted by atomic mass is 10.0. The number of hydrogen-bond donors (Lipinski definition) is 0. The molecule has 0 aliphatic rings. The second-order valence-electron chi connectivity index (χ2n) is 14.4. The van der Waals surface area contributed by atoms with Crippen molar-refractivity contribution in [3.05, 3.63) is 188 Å². The Bertz CT molecular complexity index is 3440. The molecule has 4 aromatic heterocycles. The minimum Gasteiger partial charge on any atom is -0.455 e. The lowest BCUT2D eigenvalue weighted by Gasteiger charge is -2.11. The summed E-state index contributed by atoms with van der Waals surface area (Å²) in [6, 6.07) is 65.3. The van der Waals surface area contributed by atoms with Crippen molar-refractivity contribution in [2.45, 2.75) is 0 Å². The first kappa shape index (κ1) is 31.5. The number of aromatic nitrogens is 5. The maximum absolute atomic E-state index is 7.05. The zero-order chi connectivity index (χ0) is 37.5. The summed E-state index contributed by atoms with van der Waals surface area (Å²) in [6.45, 7) is 0. The topological polar surface area (TPSA) is 61.7 Å². The van der Waals surface area contributed by atoms with Crippen molar-refractivity contribution < 1.29 is 4.42 Å². The van der Waals surface area contributed by atoms with Crippen LogP contribution >= 0.6 is 0 Å². The van der Waals surface area contributed by atoms with Crippen LogP contribution in [0.3, 0.4) is 0 Å². The Morgan fingerprint density at radius 3 is 1.40 bits per heavy atom. The Morgan fingerprint density at radius 2 is 0.807 bits per heavy atom. The molecule has 0 amide bonds. The average Bonchev–Trinajstić information content (AvgIpc) is 3.95. The molecule has 12 aromatic rings. The van der Waals surface area contributed by atoms with Crippen LogP contribution in [0.1, 0.15) is 0 Å². The monoisotopic (exact) mass is 729 g/mol. The smallest absolute Gasteiger partial charge is 0.164 e.